The lowest BCUT2D eigenvalue weighted by Crippen LogP contribution is -2.20. The van der Waals surface area contributed by atoms with Gasteiger partial charge in [-0.15, -0.1) is 11.3 Å². The SMILES string of the molecule is CN(C)CCOCCNc1scnc1C(=O)O. The summed E-state index contributed by atoms with van der Waals surface area (Å²) in [4.78, 5) is 16.6. The van der Waals surface area contributed by atoms with Crippen molar-refractivity contribution in [3.8, 4) is 0 Å². The number of thiazole rings is 1. The Hall–Kier alpha value is -1.18. The molecule has 0 amide bonds. The molecule has 0 fully saturated rings. The van der Waals surface area contributed by atoms with Gasteiger partial charge in [0, 0.05) is 13.1 Å². The van der Waals surface area contributed by atoms with E-state index >= 15 is 0 Å². The minimum Gasteiger partial charge on any atom is -0.476 e. The Bertz CT molecular complexity index is 354. The Morgan fingerprint density at radius 2 is 2.35 bits per heavy atom. The van der Waals surface area contributed by atoms with Gasteiger partial charge in [-0.1, -0.05) is 0 Å². The highest BCUT2D eigenvalue weighted by molar-refractivity contribution is 7.14. The Balaban J connectivity index is 2.18. The van der Waals surface area contributed by atoms with E-state index < -0.39 is 5.97 Å². The molecule has 7 heteroatoms. The van der Waals surface area contributed by atoms with E-state index in [1.807, 2.05) is 19.0 Å². The van der Waals surface area contributed by atoms with Crippen molar-refractivity contribution in [2.75, 3.05) is 45.7 Å². The van der Waals surface area contributed by atoms with Crippen molar-refractivity contribution in [3.63, 3.8) is 0 Å². The van der Waals surface area contributed by atoms with Crippen LogP contribution in [0.2, 0.25) is 0 Å². The van der Waals surface area contributed by atoms with Crippen LogP contribution in [0.25, 0.3) is 0 Å². The number of aromatic nitrogens is 1. The smallest absolute Gasteiger partial charge is 0.357 e. The van der Waals surface area contributed by atoms with Crippen LogP contribution in [0.5, 0.6) is 0 Å². The second-order valence-electron chi connectivity index (χ2n) is 3.68. The molecule has 6 nitrogen and oxygen atoms in total. The Morgan fingerprint density at radius 3 is 3.00 bits per heavy atom. The quantitative estimate of drug-likeness (QED) is 0.674. The molecule has 0 saturated carbocycles. The molecule has 0 aliphatic carbocycles. The molecule has 1 heterocycles. The van der Waals surface area contributed by atoms with E-state index in [4.69, 9.17) is 9.84 Å². The molecule has 2 N–H and O–H groups in total. The molecule has 0 atom stereocenters. The van der Waals surface area contributed by atoms with E-state index in [0.29, 0.717) is 24.8 Å². The van der Waals surface area contributed by atoms with Crippen molar-refractivity contribution in [1.82, 2.24) is 9.88 Å². The van der Waals surface area contributed by atoms with Gasteiger partial charge >= 0.3 is 5.97 Å². The number of likely N-dealkylation sites (N-methyl/N-ethyl adjacent to an activating group) is 1. The van der Waals surface area contributed by atoms with Crippen molar-refractivity contribution in [2.24, 2.45) is 0 Å². The molecule has 1 rings (SSSR count). The van der Waals surface area contributed by atoms with Gasteiger partial charge in [-0.05, 0) is 14.1 Å². The highest BCUT2D eigenvalue weighted by atomic mass is 32.1. The van der Waals surface area contributed by atoms with Crippen LogP contribution in [-0.4, -0.2) is 61.4 Å². The predicted molar refractivity (Wildman–Crippen MR) is 66.9 cm³/mol. The molecule has 0 aliphatic rings. The van der Waals surface area contributed by atoms with Gasteiger partial charge in [0.25, 0.3) is 0 Å². The number of ether oxygens (including phenoxy) is 1. The molecule has 1 aromatic heterocycles. The minimum absolute atomic E-state index is 0.0725. The standard InChI is InChI=1S/C10H17N3O3S/c1-13(2)4-6-16-5-3-11-9-8(10(14)15)12-7-17-9/h7,11H,3-6H2,1-2H3,(H,14,15). The Morgan fingerprint density at radius 1 is 1.59 bits per heavy atom. The van der Waals surface area contributed by atoms with Crippen LogP contribution in [0.4, 0.5) is 5.00 Å². The number of carboxylic acids is 1. The molecule has 1 aromatic rings. The van der Waals surface area contributed by atoms with Crippen molar-refractivity contribution in [1.29, 1.82) is 0 Å². The van der Waals surface area contributed by atoms with Crippen molar-refractivity contribution >= 4 is 22.3 Å². The van der Waals surface area contributed by atoms with Crippen LogP contribution in [0.15, 0.2) is 5.51 Å². The second-order valence-corrected chi connectivity index (χ2v) is 4.53. The van der Waals surface area contributed by atoms with Crippen LogP contribution in [-0.2, 0) is 4.74 Å². The van der Waals surface area contributed by atoms with Crippen LogP contribution >= 0.6 is 11.3 Å². The van der Waals surface area contributed by atoms with Gasteiger partial charge in [0.15, 0.2) is 5.69 Å². The predicted octanol–water partition coefficient (Wildman–Crippen LogP) is 0.831. The zero-order valence-electron chi connectivity index (χ0n) is 9.97. The molecule has 0 radical (unpaired) electrons. The van der Waals surface area contributed by atoms with Crippen molar-refractivity contribution in [2.45, 2.75) is 0 Å². The highest BCUT2D eigenvalue weighted by Crippen LogP contribution is 2.19. The zero-order valence-corrected chi connectivity index (χ0v) is 10.8. The maximum absolute atomic E-state index is 10.8. The Labute approximate surface area is 104 Å². The lowest BCUT2D eigenvalue weighted by Gasteiger charge is -2.10. The molecule has 0 spiro atoms. The number of hydrogen-bond donors (Lipinski definition) is 2. The molecule has 17 heavy (non-hydrogen) atoms. The highest BCUT2D eigenvalue weighted by Gasteiger charge is 2.12. The average Bonchev–Trinajstić information content (AvgIpc) is 2.71. The van der Waals surface area contributed by atoms with Crippen LogP contribution in [0, 0.1) is 0 Å². The third kappa shape index (κ3) is 5.12. The van der Waals surface area contributed by atoms with E-state index in [1.165, 1.54) is 16.8 Å². The molecule has 96 valence electrons. The fraction of sp³-hybridized carbons (Fsp3) is 0.600. The normalized spacial score (nSPS) is 10.8. The van der Waals surface area contributed by atoms with Gasteiger partial charge in [0.2, 0.25) is 0 Å². The van der Waals surface area contributed by atoms with E-state index in [-0.39, 0.29) is 5.69 Å². The number of hydrogen-bond acceptors (Lipinski definition) is 6. The summed E-state index contributed by atoms with van der Waals surface area (Å²) in [7, 11) is 3.97. The first-order chi connectivity index (χ1) is 8.11. The van der Waals surface area contributed by atoms with Crippen LogP contribution < -0.4 is 5.32 Å². The third-order valence-corrected chi connectivity index (χ3v) is 2.77. The summed E-state index contributed by atoms with van der Waals surface area (Å²) >= 11 is 1.28. The summed E-state index contributed by atoms with van der Waals surface area (Å²) in [5, 5.41) is 12.4. The van der Waals surface area contributed by atoms with E-state index in [9.17, 15) is 4.79 Å². The number of anilines is 1. The molecular formula is C10H17N3O3S. The second kappa shape index (κ2) is 7.21. The van der Waals surface area contributed by atoms with Gasteiger partial charge in [-0.25, -0.2) is 9.78 Å². The molecular weight excluding hydrogens is 242 g/mol. The maximum atomic E-state index is 10.8. The third-order valence-electron chi connectivity index (χ3n) is 1.98. The van der Waals surface area contributed by atoms with Gasteiger partial charge in [0.1, 0.15) is 5.00 Å². The van der Waals surface area contributed by atoms with Gasteiger partial charge in [-0.2, -0.15) is 0 Å². The fourth-order valence-electron chi connectivity index (χ4n) is 1.11. The van der Waals surface area contributed by atoms with Crippen molar-refractivity contribution in [3.05, 3.63) is 11.2 Å². The Kier molecular flexibility index (Phi) is 5.88. The number of aromatic carboxylic acids is 1. The summed E-state index contributed by atoms with van der Waals surface area (Å²) in [5.41, 5.74) is 1.59. The number of carboxylic acid groups (broad SMARTS) is 1. The van der Waals surface area contributed by atoms with Crippen LogP contribution in [0.1, 0.15) is 10.5 Å². The number of carbonyl (C=O) groups is 1. The summed E-state index contributed by atoms with van der Waals surface area (Å²) in [6.07, 6.45) is 0. The van der Waals surface area contributed by atoms with Crippen LogP contribution in [0.3, 0.4) is 0 Å². The maximum Gasteiger partial charge on any atom is 0.357 e. The van der Waals surface area contributed by atoms with E-state index in [0.717, 1.165) is 6.54 Å². The lowest BCUT2D eigenvalue weighted by molar-refractivity contribution is 0.0692. The molecule has 0 unspecified atom stereocenters. The lowest BCUT2D eigenvalue weighted by atomic mass is 10.4. The molecule has 0 bridgehead atoms. The topological polar surface area (TPSA) is 74.7 Å². The summed E-state index contributed by atoms with van der Waals surface area (Å²) in [5.74, 6) is -1.01. The average molecular weight is 259 g/mol. The summed E-state index contributed by atoms with van der Waals surface area (Å²) in [6, 6.07) is 0. The monoisotopic (exact) mass is 259 g/mol. The summed E-state index contributed by atoms with van der Waals surface area (Å²) in [6.45, 7) is 2.67. The molecule has 0 aromatic carbocycles. The minimum atomic E-state index is -1.01. The van der Waals surface area contributed by atoms with Gasteiger partial charge < -0.3 is 20.1 Å². The number of rotatable bonds is 8. The first-order valence-corrected chi connectivity index (χ1v) is 6.12. The molecule has 0 aliphatic heterocycles. The van der Waals surface area contributed by atoms with E-state index in [1.54, 1.807) is 0 Å². The van der Waals surface area contributed by atoms with E-state index in [2.05, 4.69) is 10.3 Å². The van der Waals surface area contributed by atoms with Gasteiger partial charge in [-0.3, -0.25) is 0 Å². The van der Waals surface area contributed by atoms with Crippen molar-refractivity contribution < 1.29 is 14.6 Å². The number of nitrogens with zero attached hydrogens (tertiary/aromatic N) is 2. The number of nitrogens with one attached hydrogen (secondary N) is 1. The first kappa shape index (κ1) is 13.9. The zero-order chi connectivity index (χ0) is 12.7. The summed E-state index contributed by atoms with van der Waals surface area (Å²) < 4.78 is 5.38. The fourth-order valence-corrected chi connectivity index (χ4v) is 1.81. The first-order valence-electron chi connectivity index (χ1n) is 5.24. The largest absolute Gasteiger partial charge is 0.476 e. The van der Waals surface area contributed by atoms with Gasteiger partial charge in [0.05, 0.1) is 18.7 Å². The molecule has 0 saturated heterocycles.